The molecule has 1 amide bonds. The molecule has 0 spiro atoms. The van der Waals surface area contributed by atoms with Crippen molar-refractivity contribution in [2.24, 2.45) is 5.92 Å². The summed E-state index contributed by atoms with van der Waals surface area (Å²) < 4.78 is 4.89. The summed E-state index contributed by atoms with van der Waals surface area (Å²) in [6.07, 6.45) is 8.08. The van der Waals surface area contributed by atoms with Gasteiger partial charge in [0.15, 0.2) is 0 Å². The number of rotatable bonds is 7. The molecule has 106 valence electrons. The van der Waals surface area contributed by atoms with Gasteiger partial charge in [0.1, 0.15) is 5.60 Å². The average molecular weight is 257 g/mol. The van der Waals surface area contributed by atoms with Crippen LogP contribution in [-0.4, -0.2) is 36.9 Å². The lowest BCUT2D eigenvalue weighted by Gasteiger charge is -2.23. The minimum Gasteiger partial charge on any atom is -0.386 e. The van der Waals surface area contributed by atoms with Crippen molar-refractivity contribution < 1.29 is 14.6 Å². The number of hydrogen-bond donors (Lipinski definition) is 2. The van der Waals surface area contributed by atoms with E-state index in [1.807, 2.05) is 0 Å². The van der Waals surface area contributed by atoms with Crippen LogP contribution in [0.5, 0.6) is 0 Å². The van der Waals surface area contributed by atoms with Crippen molar-refractivity contribution in [1.29, 1.82) is 0 Å². The normalized spacial score (nSPS) is 20.4. The van der Waals surface area contributed by atoms with Gasteiger partial charge in [-0.2, -0.15) is 0 Å². The van der Waals surface area contributed by atoms with Crippen LogP contribution in [0.15, 0.2) is 0 Å². The molecule has 0 aromatic rings. The maximum Gasteiger partial charge on any atom is 0.220 e. The molecule has 0 aliphatic heterocycles. The highest BCUT2D eigenvalue weighted by atomic mass is 16.5. The van der Waals surface area contributed by atoms with Gasteiger partial charge in [0.05, 0.1) is 6.61 Å². The van der Waals surface area contributed by atoms with E-state index in [0.717, 1.165) is 12.3 Å². The summed E-state index contributed by atoms with van der Waals surface area (Å²) in [5.41, 5.74) is -0.977. The highest BCUT2D eigenvalue weighted by molar-refractivity contribution is 5.75. The van der Waals surface area contributed by atoms with Gasteiger partial charge in [-0.1, -0.05) is 32.1 Å². The predicted molar refractivity (Wildman–Crippen MR) is 71.3 cm³/mol. The minimum absolute atomic E-state index is 0.0388. The lowest BCUT2D eigenvalue weighted by Crippen LogP contribution is -2.43. The smallest absolute Gasteiger partial charge is 0.220 e. The molecule has 0 aromatic heterocycles. The van der Waals surface area contributed by atoms with Gasteiger partial charge in [0.2, 0.25) is 5.91 Å². The number of nitrogens with one attached hydrogen (secondary N) is 1. The van der Waals surface area contributed by atoms with Gasteiger partial charge in [-0.3, -0.25) is 4.79 Å². The largest absolute Gasteiger partial charge is 0.386 e. The summed E-state index contributed by atoms with van der Waals surface area (Å²) >= 11 is 0. The molecule has 4 heteroatoms. The monoisotopic (exact) mass is 257 g/mol. The molecule has 0 bridgehead atoms. The third-order valence-corrected chi connectivity index (χ3v) is 3.63. The Morgan fingerprint density at radius 1 is 1.39 bits per heavy atom. The standard InChI is InChI=1S/C14H27NO3/c1-14(17,11-18-2)10-15-13(16)9-8-12-6-4-3-5-7-12/h12,17H,3-11H2,1-2H3,(H,15,16). The summed E-state index contributed by atoms with van der Waals surface area (Å²) in [6, 6.07) is 0. The summed E-state index contributed by atoms with van der Waals surface area (Å²) in [7, 11) is 1.54. The van der Waals surface area contributed by atoms with Crippen LogP contribution in [0.4, 0.5) is 0 Å². The molecule has 18 heavy (non-hydrogen) atoms. The molecule has 1 rings (SSSR count). The maximum atomic E-state index is 11.7. The summed E-state index contributed by atoms with van der Waals surface area (Å²) in [5.74, 6) is 0.765. The van der Waals surface area contributed by atoms with Crippen molar-refractivity contribution in [3.05, 3.63) is 0 Å². The highest BCUT2D eigenvalue weighted by Gasteiger charge is 2.21. The van der Waals surface area contributed by atoms with Crippen molar-refractivity contribution in [2.75, 3.05) is 20.3 Å². The van der Waals surface area contributed by atoms with Crippen LogP contribution in [0, 0.1) is 5.92 Å². The summed E-state index contributed by atoms with van der Waals surface area (Å²) in [5, 5.41) is 12.6. The van der Waals surface area contributed by atoms with Crippen molar-refractivity contribution >= 4 is 5.91 Å². The molecule has 0 radical (unpaired) electrons. The Morgan fingerprint density at radius 2 is 2.06 bits per heavy atom. The van der Waals surface area contributed by atoms with Crippen molar-refractivity contribution in [3.8, 4) is 0 Å². The van der Waals surface area contributed by atoms with Gasteiger partial charge in [0, 0.05) is 20.1 Å². The second-order valence-electron chi connectivity index (χ2n) is 5.75. The summed E-state index contributed by atoms with van der Waals surface area (Å²) in [4.78, 5) is 11.7. The number of carbonyl (C=O) groups excluding carboxylic acids is 1. The van der Waals surface area contributed by atoms with E-state index in [-0.39, 0.29) is 19.1 Å². The highest BCUT2D eigenvalue weighted by Crippen LogP contribution is 2.27. The SMILES string of the molecule is COCC(C)(O)CNC(=O)CCC1CCCCC1. The molecule has 1 aliphatic carbocycles. The molecule has 4 nitrogen and oxygen atoms in total. The number of hydrogen-bond acceptors (Lipinski definition) is 3. The Kier molecular flexibility index (Phi) is 6.65. The Labute approximate surface area is 110 Å². The van der Waals surface area contributed by atoms with Crippen LogP contribution in [0.2, 0.25) is 0 Å². The van der Waals surface area contributed by atoms with Crippen molar-refractivity contribution in [1.82, 2.24) is 5.32 Å². The van der Waals surface area contributed by atoms with E-state index in [4.69, 9.17) is 4.74 Å². The number of amides is 1. The lowest BCUT2D eigenvalue weighted by atomic mass is 9.86. The van der Waals surface area contributed by atoms with Gasteiger partial charge in [-0.25, -0.2) is 0 Å². The first-order valence-corrected chi connectivity index (χ1v) is 7.01. The van der Waals surface area contributed by atoms with E-state index in [1.165, 1.54) is 32.1 Å². The van der Waals surface area contributed by atoms with Gasteiger partial charge in [-0.05, 0) is 19.3 Å². The lowest BCUT2D eigenvalue weighted by molar-refractivity contribution is -0.123. The molecular weight excluding hydrogens is 230 g/mol. The van der Waals surface area contributed by atoms with E-state index in [0.29, 0.717) is 6.42 Å². The van der Waals surface area contributed by atoms with Crippen molar-refractivity contribution in [2.45, 2.75) is 57.5 Å². The fourth-order valence-electron chi connectivity index (χ4n) is 2.55. The third-order valence-electron chi connectivity index (χ3n) is 3.63. The predicted octanol–water partition coefficient (Wildman–Crippen LogP) is 1.86. The van der Waals surface area contributed by atoms with E-state index < -0.39 is 5.60 Å². The Bertz CT molecular complexity index is 247. The number of carbonyl (C=O) groups is 1. The molecule has 0 aromatic carbocycles. The third kappa shape index (κ3) is 6.36. The molecule has 0 heterocycles. The van der Waals surface area contributed by atoms with E-state index >= 15 is 0 Å². The minimum atomic E-state index is -0.977. The Hall–Kier alpha value is -0.610. The molecule has 1 aliphatic rings. The van der Waals surface area contributed by atoms with Crippen LogP contribution < -0.4 is 5.32 Å². The zero-order chi connectivity index (χ0) is 13.4. The zero-order valence-electron chi connectivity index (χ0n) is 11.7. The van der Waals surface area contributed by atoms with Crippen LogP contribution in [0.1, 0.15) is 51.9 Å². The Morgan fingerprint density at radius 3 is 2.67 bits per heavy atom. The zero-order valence-corrected chi connectivity index (χ0v) is 11.7. The number of methoxy groups -OCH3 is 1. The molecule has 2 N–H and O–H groups in total. The van der Waals surface area contributed by atoms with Gasteiger partial charge in [-0.15, -0.1) is 0 Å². The average Bonchev–Trinajstić information content (AvgIpc) is 2.35. The number of ether oxygens (including phenoxy) is 1. The van der Waals surface area contributed by atoms with Crippen molar-refractivity contribution in [3.63, 3.8) is 0 Å². The van der Waals surface area contributed by atoms with Gasteiger partial charge in [0.25, 0.3) is 0 Å². The fourth-order valence-corrected chi connectivity index (χ4v) is 2.55. The number of aliphatic hydroxyl groups is 1. The van der Waals surface area contributed by atoms with E-state index in [1.54, 1.807) is 14.0 Å². The van der Waals surface area contributed by atoms with E-state index in [2.05, 4.69) is 5.32 Å². The quantitative estimate of drug-likeness (QED) is 0.732. The van der Waals surface area contributed by atoms with Gasteiger partial charge >= 0.3 is 0 Å². The first-order valence-electron chi connectivity index (χ1n) is 7.01. The topological polar surface area (TPSA) is 58.6 Å². The summed E-state index contributed by atoms with van der Waals surface area (Å²) in [6.45, 7) is 2.15. The second kappa shape index (κ2) is 7.74. The molecule has 0 saturated heterocycles. The first kappa shape index (κ1) is 15.4. The molecular formula is C14H27NO3. The fraction of sp³-hybridized carbons (Fsp3) is 0.929. The molecule has 1 fully saturated rings. The maximum absolute atomic E-state index is 11.7. The van der Waals surface area contributed by atoms with Crippen LogP contribution in [0.25, 0.3) is 0 Å². The van der Waals surface area contributed by atoms with Gasteiger partial charge < -0.3 is 15.2 Å². The molecule has 1 unspecified atom stereocenters. The molecule has 1 saturated carbocycles. The van der Waals surface area contributed by atoms with Crippen LogP contribution in [-0.2, 0) is 9.53 Å². The van der Waals surface area contributed by atoms with E-state index in [9.17, 15) is 9.90 Å². The molecule has 1 atom stereocenters. The Balaban J connectivity index is 2.13. The first-order chi connectivity index (χ1) is 8.53. The van der Waals surface area contributed by atoms with Crippen LogP contribution in [0.3, 0.4) is 0 Å². The second-order valence-corrected chi connectivity index (χ2v) is 5.75. The van der Waals surface area contributed by atoms with Crippen LogP contribution >= 0.6 is 0 Å².